The Hall–Kier alpha value is -3.07. The fourth-order valence-electron chi connectivity index (χ4n) is 4.09. The minimum absolute atomic E-state index is 0.341. The number of anilines is 1. The Balaban J connectivity index is 1.34. The predicted molar refractivity (Wildman–Crippen MR) is 108 cm³/mol. The molecule has 1 aromatic carbocycles. The molecule has 1 aliphatic carbocycles. The zero-order valence-corrected chi connectivity index (χ0v) is 15.6. The van der Waals surface area contributed by atoms with Crippen LogP contribution in [0.5, 0.6) is 0 Å². The molecule has 0 radical (unpaired) electrons. The number of hydrogen-bond donors (Lipinski definition) is 3. The Morgan fingerprint density at radius 2 is 2.00 bits per heavy atom. The number of aliphatic hydroxyl groups is 2. The first kappa shape index (κ1) is 18.0. The number of fused-ring (bicyclic) bond motifs is 2. The number of nitrogens with zero attached hydrogens (tertiary/aromatic N) is 4. The third-order valence-electron chi connectivity index (χ3n) is 5.63. The summed E-state index contributed by atoms with van der Waals surface area (Å²) in [6.07, 6.45) is 3.00. The summed E-state index contributed by atoms with van der Waals surface area (Å²) in [7, 11) is 0. The molecule has 8 heteroatoms. The Labute approximate surface area is 166 Å². The topological polar surface area (TPSA) is 119 Å². The molecule has 0 unspecified atom stereocenters. The molecule has 3 heterocycles. The molecule has 1 saturated carbocycles. The van der Waals surface area contributed by atoms with Crippen molar-refractivity contribution in [3.8, 4) is 0 Å². The number of benzene rings is 1. The van der Waals surface area contributed by atoms with Crippen LogP contribution in [0.4, 0.5) is 5.82 Å². The molecule has 4 atom stereocenters. The summed E-state index contributed by atoms with van der Waals surface area (Å²) in [6, 6.07) is 11.3. The highest BCUT2D eigenvalue weighted by Crippen LogP contribution is 2.36. The van der Waals surface area contributed by atoms with E-state index < -0.39 is 18.3 Å². The molecule has 0 spiro atoms. The van der Waals surface area contributed by atoms with Gasteiger partial charge < -0.3 is 25.3 Å². The van der Waals surface area contributed by atoms with E-state index in [4.69, 9.17) is 10.5 Å². The molecule has 3 aromatic heterocycles. The molecule has 0 aliphatic heterocycles. The largest absolute Gasteiger partial charge is 0.388 e. The maximum absolute atomic E-state index is 10.6. The van der Waals surface area contributed by atoms with E-state index in [9.17, 15) is 10.2 Å². The molecule has 148 valence electrons. The van der Waals surface area contributed by atoms with E-state index in [0.717, 1.165) is 21.9 Å². The third kappa shape index (κ3) is 3.11. The number of hydrogen-bond acceptors (Lipinski definition) is 7. The normalized spacial score (nSPS) is 24.5. The van der Waals surface area contributed by atoms with Gasteiger partial charge in [-0.15, -0.1) is 0 Å². The van der Waals surface area contributed by atoms with Crippen molar-refractivity contribution in [2.75, 3.05) is 5.73 Å². The molecule has 5 rings (SSSR count). The molecular weight excluding hydrogens is 370 g/mol. The lowest BCUT2D eigenvalue weighted by atomic mass is 10.1. The number of pyridine rings is 1. The molecule has 4 N–H and O–H groups in total. The highest BCUT2D eigenvalue weighted by atomic mass is 16.5. The average molecular weight is 391 g/mol. The molecule has 8 nitrogen and oxygen atoms in total. The van der Waals surface area contributed by atoms with Crippen molar-refractivity contribution in [2.45, 2.75) is 37.4 Å². The molecule has 0 bridgehead atoms. The summed E-state index contributed by atoms with van der Waals surface area (Å²) in [5.74, 6) is 0.389. The van der Waals surface area contributed by atoms with Gasteiger partial charge in [0.05, 0.1) is 29.7 Å². The van der Waals surface area contributed by atoms with Crippen molar-refractivity contribution in [3.05, 3.63) is 60.7 Å². The third-order valence-corrected chi connectivity index (χ3v) is 5.63. The van der Waals surface area contributed by atoms with Gasteiger partial charge in [-0.2, -0.15) is 0 Å². The summed E-state index contributed by atoms with van der Waals surface area (Å²) >= 11 is 0. The van der Waals surface area contributed by atoms with Gasteiger partial charge in [0.15, 0.2) is 0 Å². The van der Waals surface area contributed by atoms with Gasteiger partial charge in [0.2, 0.25) is 0 Å². The highest BCUT2D eigenvalue weighted by molar-refractivity contribution is 5.86. The Kier molecular flexibility index (Phi) is 4.39. The number of nitrogens with two attached hydrogens (primary N) is 1. The van der Waals surface area contributed by atoms with E-state index in [-0.39, 0.29) is 6.04 Å². The van der Waals surface area contributed by atoms with Crippen LogP contribution in [0, 0.1) is 0 Å². The molecule has 1 aliphatic rings. The zero-order chi connectivity index (χ0) is 20.0. The van der Waals surface area contributed by atoms with Crippen molar-refractivity contribution in [1.29, 1.82) is 0 Å². The van der Waals surface area contributed by atoms with Gasteiger partial charge in [-0.1, -0.05) is 12.1 Å². The van der Waals surface area contributed by atoms with Crippen LogP contribution < -0.4 is 5.73 Å². The highest BCUT2D eigenvalue weighted by Gasteiger charge is 2.43. The van der Waals surface area contributed by atoms with Gasteiger partial charge in [0.25, 0.3) is 0 Å². The maximum Gasteiger partial charge on any atom is 0.145 e. The van der Waals surface area contributed by atoms with Crippen LogP contribution in [0.25, 0.3) is 21.9 Å². The second kappa shape index (κ2) is 7.07. The second-order valence-electron chi connectivity index (χ2n) is 7.38. The second-order valence-corrected chi connectivity index (χ2v) is 7.38. The lowest BCUT2D eigenvalue weighted by Crippen LogP contribution is -2.32. The van der Waals surface area contributed by atoms with Gasteiger partial charge >= 0.3 is 0 Å². The smallest absolute Gasteiger partial charge is 0.145 e. The van der Waals surface area contributed by atoms with Gasteiger partial charge in [0.1, 0.15) is 30.0 Å². The summed E-state index contributed by atoms with van der Waals surface area (Å²) in [4.78, 5) is 12.6. The van der Waals surface area contributed by atoms with Gasteiger partial charge in [-0.3, -0.25) is 4.98 Å². The van der Waals surface area contributed by atoms with E-state index in [1.165, 1.54) is 6.33 Å². The fourth-order valence-corrected chi connectivity index (χ4v) is 4.09. The molecular formula is C21H21N5O3. The van der Waals surface area contributed by atoms with Crippen LogP contribution in [0.2, 0.25) is 0 Å². The molecule has 0 amide bonds. The zero-order valence-electron chi connectivity index (χ0n) is 15.6. The number of aromatic nitrogens is 4. The minimum Gasteiger partial charge on any atom is -0.388 e. The first-order valence-electron chi connectivity index (χ1n) is 9.50. The van der Waals surface area contributed by atoms with Gasteiger partial charge in [-0.25, -0.2) is 9.97 Å². The van der Waals surface area contributed by atoms with E-state index in [2.05, 4.69) is 15.0 Å². The van der Waals surface area contributed by atoms with E-state index in [0.29, 0.717) is 24.5 Å². The van der Waals surface area contributed by atoms with Crippen molar-refractivity contribution >= 4 is 27.8 Å². The first-order chi connectivity index (χ1) is 14.1. The average Bonchev–Trinajstić information content (AvgIpc) is 3.29. The van der Waals surface area contributed by atoms with Crippen LogP contribution in [-0.4, -0.2) is 48.0 Å². The molecule has 29 heavy (non-hydrogen) atoms. The van der Waals surface area contributed by atoms with Crippen LogP contribution >= 0.6 is 0 Å². The molecule has 4 aromatic rings. The van der Waals surface area contributed by atoms with E-state index in [1.807, 2.05) is 47.2 Å². The quantitative estimate of drug-likeness (QED) is 0.485. The SMILES string of the molecule is Nc1ncnc2c1ccn2[C@@H]1C[C@H](OCc2ccc3ncccc3c2)[C@@H](O)[C@H]1O. The van der Waals surface area contributed by atoms with E-state index >= 15 is 0 Å². The first-order valence-corrected chi connectivity index (χ1v) is 9.50. The van der Waals surface area contributed by atoms with Crippen LogP contribution in [-0.2, 0) is 11.3 Å². The summed E-state index contributed by atoms with van der Waals surface area (Å²) < 4.78 is 7.82. The van der Waals surface area contributed by atoms with Crippen molar-refractivity contribution in [2.24, 2.45) is 0 Å². The number of rotatable bonds is 4. The summed E-state index contributed by atoms with van der Waals surface area (Å²) in [5, 5.41) is 22.9. The van der Waals surface area contributed by atoms with E-state index in [1.54, 1.807) is 6.20 Å². The Morgan fingerprint density at radius 1 is 1.10 bits per heavy atom. The number of aliphatic hydroxyl groups excluding tert-OH is 2. The number of ether oxygens (including phenoxy) is 1. The Bertz CT molecular complexity index is 1180. The van der Waals surface area contributed by atoms with Crippen LogP contribution in [0.15, 0.2) is 55.1 Å². The lowest BCUT2D eigenvalue weighted by Gasteiger charge is -2.18. The summed E-state index contributed by atoms with van der Waals surface area (Å²) in [5.41, 5.74) is 8.45. The van der Waals surface area contributed by atoms with Gasteiger partial charge in [-0.05, 0) is 36.2 Å². The predicted octanol–water partition coefficient (Wildman–Crippen LogP) is 1.81. The number of nitrogen functional groups attached to an aromatic ring is 1. The Morgan fingerprint density at radius 3 is 2.90 bits per heavy atom. The molecule has 0 saturated heterocycles. The van der Waals surface area contributed by atoms with Crippen molar-refractivity contribution < 1.29 is 14.9 Å². The molecule has 1 fully saturated rings. The van der Waals surface area contributed by atoms with Crippen molar-refractivity contribution in [3.63, 3.8) is 0 Å². The maximum atomic E-state index is 10.6. The van der Waals surface area contributed by atoms with Crippen molar-refractivity contribution in [1.82, 2.24) is 19.5 Å². The lowest BCUT2D eigenvalue weighted by molar-refractivity contribution is -0.0621. The van der Waals surface area contributed by atoms with Gasteiger partial charge in [0, 0.05) is 17.8 Å². The standard InChI is InChI=1S/C21H21N5O3/c22-20-14-5-7-26(21(14)25-11-24-20)16-9-17(19(28)18(16)27)29-10-12-3-4-15-13(8-12)2-1-6-23-15/h1-8,11,16-19,27-28H,9-10H2,(H2,22,24,25)/t16-,17+,18+,19-/m1/s1. The fraction of sp³-hybridized carbons (Fsp3) is 0.286. The van der Waals surface area contributed by atoms with Crippen LogP contribution in [0.1, 0.15) is 18.0 Å². The minimum atomic E-state index is -0.987. The monoisotopic (exact) mass is 391 g/mol. The van der Waals surface area contributed by atoms with Crippen LogP contribution in [0.3, 0.4) is 0 Å². The summed E-state index contributed by atoms with van der Waals surface area (Å²) in [6.45, 7) is 0.341.